The minimum Gasteiger partial charge on any atom is -0.492 e. The lowest BCUT2D eigenvalue weighted by Crippen LogP contribution is -2.44. The first kappa shape index (κ1) is 24.4. The summed E-state index contributed by atoms with van der Waals surface area (Å²) in [7, 11) is 0. The maximum Gasteiger partial charge on any atom is 0.213 e. The molecule has 6 nitrogen and oxygen atoms in total. The summed E-state index contributed by atoms with van der Waals surface area (Å²) in [5.74, 6) is 0.261. The monoisotopic (exact) mass is 449 g/mol. The van der Waals surface area contributed by atoms with Crippen LogP contribution in [0.3, 0.4) is 0 Å². The van der Waals surface area contributed by atoms with Gasteiger partial charge in [-0.1, -0.05) is 38.1 Å². The van der Waals surface area contributed by atoms with E-state index in [2.05, 4.69) is 40.1 Å². The van der Waals surface area contributed by atoms with E-state index in [1.807, 2.05) is 24.3 Å². The second-order valence-corrected chi connectivity index (χ2v) is 8.03. The standard InChI is InChI=1S/C26H32FN5O/c1-3-5-25(30-20(2)22(19-28)18-23-6-4-7-26(27)31-23)21-8-10-24(11-9-21)33-17-16-32-14-12-29-13-15-32/h4,6-11,18,25,29-30H,2-3,5,12-17H2,1H3/b22-18+. The summed E-state index contributed by atoms with van der Waals surface area (Å²) in [6.45, 7) is 11.9. The molecule has 0 radical (unpaired) electrons. The Kier molecular flexibility index (Phi) is 9.43. The first-order valence-corrected chi connectivity index (χ1v) is 11.4. The van der Waals surface area contributed by atoms with E-state index < -0.39 is 5.95 Å². The first-order chi connectivity index (χ1) is 16.1. The van der Waals surface area contributed by atoms with Crippen LogP contribution in [0.25, 0.3) is 6.08 Å². The number of rotatable bonds is 11. The zero-order valence-electron chi connectivity index (χ0n) is 19.2. The lowest BCUT2D eigenvalue weighted by molar-refractivity contribution is 0.191. The van der Waals surface area contributed by atoms with Crippen molar-refractivity contribution in [3.05, 3.63) is 77.5 Å². The van der Waals surface area contributed by atoms with Crippen molar-refractivity contribution < 1.29 is 9.13 Å². The number of pyridine rings is 1. The zero-order valence-corrected chi connectivity index (χ0v) is 19.2. The fraction of sp³-hybridized carbons (Fsp3) is 0.385. The van der Waals surface area contributed by atoms with Crippen LogP contribution in [-0.4, -0.2) is 49.2 Å². The number of allylic oxidation sites excluding steroid dienone is 1. The number of hydrogen-bond donors (Lipinski definition) is 2. The molecule has 1 aliphatic rings. The Morgan fingerprint density at radius 3 is 2.73 bits per heavy atom. The topological polar surface area (TPSA) is 73.2 Å². The average molecular weight is 450 g/mol. The molecule has 1 aromatic carbocycles. The highest BCUT2D eigenvalue weighted by molar-refractivity contribution is 5.60. The Labute approximate surface area is 195 Å². The van der Waals surface area contributed by atoms with Gasteiger partial charge < -0.3 is 15.4 Å². The summed E-state index contributed by atoms with van der Waals surface area (Å²) in [5.41, 5.74) is 2.28. The molecule has 1 fully saturated rings. The number of aromatic nitrogens is 1. The highest BCUT2D eigenvalue weighted by Gasteiger charge is 2.14. The van der Waals surface area contributed by atoms with Gasteiger partial charge in [-0.05, 0) is 42.3 Å². The summed E-state index contributed by atoms with van der Waals surface area (Å²) >= 11 is 0. The number of hydrogen-bond acceptors (Lipinski definition) is 6. The highest BCUT2D eigenvalue weighted by Crippen LogP contribution is 2.24. The van der Waals surface area contributed by atoms with Crippen molar-refractivity contribution in [1.29, 1.82) is 5.26 Å². The van der Waals surface area contributed by atoms with Crippen molar-refractivity contribution >= 4 is 6.08 Å². The van der Waals surface area contributed by atoms with Crippen molar-refractivity contribution in [1.82, 2.24) is 20.5 Å². The van der Waals surface area contributed by atoms with E-state index in [4.69, 9.17) is 4.74 Å². The van der Waals surface area contributed by atoms with Crippen molar-refractivity contribution in [2.75, 3.05) is 39.3 Å². The van der Waals surface area contributed by atoms with Gasteiger partial charge in [-0.25, -0.2) is 4.98 Å². The molecule has 1 aromatic heterocycles. The van der Waals surface area contributed by atoms with Gasteiger partial charge in [0.05, 0.1) is 17.3 Å². The number of nitrogens with one attached hydrogen (secondary N) is 2. The molecule has 0 bridgehead atoms. The van der Waals surface area contributed by atoms with Crippen LogP contribution in [0.4, 0.5) is 4.39 Å². The normalized spacial score (nSPS) is 15.5. The Morgan fingerprint density at radius 2 is 2.06 bits per heavy atom. The summed E-state index contributed by atoms with van der Waals surface area (Å²) in [4.78, 5) is 6.20. The predicted octanol–water partition coefficient (Wildman–Crippen LogP) is 4.06. The first-order valence-electron chi connectivity index (χ1n) is 11.4. The molecule has 1 aliphatic heterocycles. The van der Waals surface area contributed by atoms with Crippen LogP contribution in [0.15, 0.2) is 60.3 Å². The fourth-order valence-corrected chi connectivity index (χ4v) is 3.76. The minimum atomic E-state index is -0.585. The molecular weight excluding hydrogens is 417 g/mol. The van der Waals surface area contributed by atoms with Crippen LogP contribution in [0.2, 0.25) is 0 Å². The van der Waals surface area contributed by atoms with Gasteiger partial charge in [0.2, 0.25) is 5.95 Å². The van der Waals surface area contributed by atoms with Crippen molar-refractivity contribution in [2.24, 2.45) is 0 Å². The SMILES string of the molecule is C=C(NC(CCC)c1ccc(OCCN2CCNCC2)cc1)/C(C#N)=C/c1cccc(F)n1. The maximum absolute atomic E-state index is 13.4. The molecule has 3 rings (SSSR count). The van der Waals surface area contributed by atoms with E-state index in [0.717, 1.165) is 56.9 Å². The Bertz CT molecular complexity index is 977. The highest BCUT2D eigenvalue weighted by atomic mass is 19.1. The van der Waals surface area contributed by atoms with Gasteiger partial charge in [-0.3, -0.25) is 4.90 Å². The van der Waals surface area contributed by atoms with E-state index in [-0.39, 0.29) is 6.04 Å². The summed E-state index contributed by atoms with van der Waals surface area (Å²) in [5, 5.41) is 16.3. The third-order valence-electron chi connectivity index (χ3n) is 5.57. The number of nitrogens with zero attached hydrogens (tertiary/aromatic N) is 3. The van der Waals surface area contributed by atoms with Gasteiger partial charge in [-0.15, -0.1) is 0 Å². The van der Waals surface area contributed by atoms with Crippen LogP contribution in [0.5, 0.6) is 5.75 Å². The summed E-state index contributed by atoms with van der Waals surface area (Å²) < 4.78 is 19.3. The Balaban J connectivity index is 1.60. The van der Waals surface area contributed by atoms with Gasteiger partial charge in [0.15, 0.2) is 0 Å². The van der Waals surface area contributed by atoms with Gasteiger partial charge in [0.25, 0.3) is 0 Å². The molecule has 1 unspecified atom stereocenters. The second kappa shape index (κ2) is 12.7. The fourth-order valence-electron chi connectivity index (χ4n) is 3.76. The van der Waals surface area contributed by atoms with Crippen LogP contribution < -0.4 is 15.4 Å². The van der Waals surface area contributed by atoms with E-state index in [1.54, 1.807) is 12.1 Å². The summed E-state index contributed by atoms with van der Waals surface area (Å²) in [6, 6.07) is 14.7. The number of ether oxygens (including phenoxy) is 1. The number of benzene rings is 1. The van der Waals surface area contributed by atoms with Crippen LogP contribution in [-0.2, 0) is 0 Å². The second-order valence-electron chi connectivity index (χ2n) is 8.03. The van der Waals surface area contributed by atoms with E-state index >= 15 is 0 Å². The molecule has 1 saturated heterocycles. The minimum absolute atomic E-state index is 0.00498. The quantitative estimate of drug-likeness (QED) is 0.306. The summed E-state index contributed by atoms with van der Waals surface area (Å²) in [6.07, 6.45) is 3.38. The number of nitriles is 1. The van der Waals surface area contributed by atoms with Gasteiger partial charge in [0, 0.05) is 38.4 Å². The molecule has 0 spiro atoms. The average Bonchev–Trinajstić information content (AvgIpc) is 2.83. The molecule has 0 saturated carbocycles. The van der Waals surface area contributed by atoms with Gasteiger partial charge in [0.1, 0.15) is 18.4 Å². The van der Waals surface area contributed by atoms with E-state index in [0.29, 0.717) is 23.6 Å². The molecule has 7 heteroatoms. The van der Waals surface area contributed by atoms with Crippen molar-refractivity contribution in [3.63, 3.8) is 0 Å². The Morgan fingerprint density at radius 1 is 1.30 bits per heavy atom. The van der Waals surface area contributed by atoms with Crippen LogP contribution >= 0.6 is 0 Å². The molecule has 0 aliphatic carbocycles. The predicted molar refractivity (Wildman–Crippen MR) is 129 cm³/mol. The molecule has 33 heavy (non-hydrogen) atoms. The molecule has 2 aromatic rings. The smallest absolute Gasteiger partial charge is 0.213 e. The lowest BCUT2D eigenvalue weighted by atomic mass is 10.0. The largest absolute Gasteiger partial charge is 0.492 e. The molecule has 174 valence electrons. The van der Waals surface area contributed by atoms with Gasteiger partial charge >= 0.3 is 0 Å². The number of piperazine rings is 1. The Hall–Kier alpha value is -3.21. The van der Waals surface area contributed by atoms with Crippen molar-refractivity contribution in [2.45, 2.75) is 25.8 Å². The molecule has 1 atom stereocenters. The molecule has 0 amide bonds. The van der Waals surface area contributed by atoms with Crippen LogP contribution in [0, 0.1) is 17.3 Å². The maximum atomic E-state index is 13.4. The third kappa shape index (κ3) is 7.70. The molecular formula is C26H32FN5O. The lowest BCUT2D eigenvalue weighted by Gasteiger charge is -2.27. The van der Waals surface area contributed by atoms with Gasteiger partial charge in [-0.2, -0.15) is 9.65 Å². The molecule has 2 N–H and O–H groups in total. The third-order valence-corrected chi connectivity index (χ3v) is 5.57. The zero-order chi connectivity index (χ0) is 23.5. The van der Waals surface area contributed by atoms with E-state index in [1.165, 1.54) is 12.1 Å². The molecule has 2 heterocycles. The van der Waals surface area contributed by atoms with E-state index in [9.17, 15) is 9.65 Å². The number of halogens is 1. The van der Waals surface area contributed by atoms with Crippen molar-refractivity contribution in [3.8, 4) is 11.8 Å². The van der Waals surface area contributed by atoms with Crippen LogP contribution in [0.1, 0.15) is 37.1 Å².